The Balaban J connectivity index is 0.00000353. The minimum atomic E-state index is -1.04. The van der Waals surface area contributed by atoms with Crippen LogP contribution in [0.25, 0.3) is 34.2 Å². The molecule has 0 bridgehead atoms. The predicted octanol–water partition coefficient (Wildman–Crippen LogP) is 3.97. The van der Waals surface area contributed by atoms with Gasteiger partial charge >= 0.3 is 29.6 Å². The number of hydrogen-bond donors (Lipinski definition) is 1. The molecule has 0 radical (unpaired) electrons. The molecular formula is C32H29ClNNaO3S. The molecule has 1 fully saturated rings. The molecule has 1 aromatic heterocycles. The number of aliphatic hydroxyl groups is 1. The minimum Gasteiger partial charge on any atom is -0.550 e. The van der Waals surface area contributed by atoms with Crippen molar-refractivity contribution in [2.24, 2.45) is 5.41 Å². The number of halogens is 1. The first-order valence-corrected chi connectivity index (χ1v) is 14.0. The number of hydrogen-bond acceptors (Lipinski definition) is 5. The molecule has 1 saturated carbocycles. The molecule has 0 unspecified atom stereocenters. The molecule has 1 heterocycles. The van der Waals surface area contributed by atoms with Gasteiger partial charge in [-0.15, -0.1) is 11.8 Å². The van der Waals surface area contributed by atoms with Gasteiger partial charge in [-0.25, -0.2) is 4.98 Å². The molecule has 0 atom stereocenters. The van der Waals surface area contributed by atoms with Crippen LogP contribution in [0.2, 0.25) is 5.02 Å². The number of fused-ring (bicyclic) bond motifs is 1. The van der Waals surface area contributed by atoms with Crippen LogP contribution in [-0.4, -0.2) is 21.8 Å². The first-order chi connectivity index (χ1) is 18.1. The van der Waals surface area contributed by atoms with Crippen LogP contribution in [-0.2, 0) is 10.4 Å². The van der Waals surface area contributed by atoms with Crippen molar-refractivity contribution in [3.63, 3.8) is 0 Å². The summed E-state index contributed by atoms with van der Waals surface area (Å²) in [5, 5.41) is 23.8. The molecule has 39 heavy (non-hydrogen) atoms. The van der Waals surface area contributed by atoms with Crippen LogP contribution in [0.15, 0.2) is 77.7 Å². The number of benzene rings is 3. The Morgan fingerprint density at radius 1 is 1.05 bits per heavy atom. The van der Waals surface area contributed by atoms with Crippen LogP contribution in [0.5, 0.6) is 0 Å². The van der Waals surface area contributed by atoms with E-state index in [1.54, 1.807) is 25.6 Å². The van der Waals surface area contributed by atoms with E-state index < -0.39 is 11.6 Å². The van der Waals surface area contributed by atoms with Crippen molar-refractivity contribution in [2.75, 3.05) is 5.75 Å². The molecule has 5 rings (SSSR count). The fraction of sp³-hybridized carbons (Fsp3) is 0.250. The van der Waals surface area contributed by atoms with Crippen LogP contribution in [0.1, 0.15) is 49.9 Å². The fourth-order valence-corrected chi connectivity index (χ4v) is 6.25. The zero-order chi connectivity index (χ0) is 26.9. The molecule has 0 saturated heterocycles. The van der Waals surface area contributed by atoms with E-state index in [1.165, 1.54) is 0 Å². The average Bonchev–Trinajstić information content (AvgIpc) is 3.64. The van der Waals surface area contributed by atoms with Gasteiger partial charge in [0.25, 0.3) is 0 Å². The monoisotopic (exact) mass is 565 g/mol. The largest absolute Gasteiger partial charge is 1.00 e. The molecule has 1 N–H and O–H groups in total. The number of rotatable bonds is 9. The third-order valence-corrected chi connectivity index (χ3v) is 8.65. The summed E-state index contributed by atoms with van der Waals surface area (Å²) in [5.41, 5.74) is 4.43. The van der Waals surface area contributed by atoms with Crippen molar-refractivity contribution in [1.82, 2.24) is 4.98 Å². The number of aromatic nitrogens is 1. The normalized spacial score (nSPS) is 14.4. The van der Waals surface area contributed by atoms with Gasteiger partial charge < -0.3 is 15.0 Å². The summed E-state index contributed by atoms with van der Waals surface area (Å²) < 4.78 is 0. The van der Waals surface area contributed by atoms with Crippen LogP contribution < -0.4 is 34.7 Å². The minimum absolute atomic E-state index is 0. The molecule has 3 aromatic carbocycles. The molecule has 1 aliphatic carbocycles. The van der Waals surface area contributed by atoms with Gasteiger partial charge in [-0.2, -0.15) is 0 Å². The van der Waals surface area contributed by atoms with Crippen molar-refractivity contribution in [3.05, 3.63) is 94.6 Å². The van der Waals surface area contributed by atoms with Crippen molar-refractivity contribution in [2.45, 2.75) is 43.6 Å². The van der Waals surface area contributed by atoms with Gasteiger partial charge in [0, 0.05) is 27.0 Å². The summed E-state index contributed by atoms with van der Waals surface area (Å²) in [6.07, 6.45) is 5.94. The maximum Gasteiger partial charge on any atom is 1.00 e. The van der Waals surface area contributed by atoms with Crippen molar-refractivity contribution < 1.29 is 44.6 Å². The molecule has 4 aromatic rings. The van der Waals surface area contributed by atoms with Crippen molar-refractivity contribution in [3.8, 4) is 11.1 Å². The summed E-state index contributed by atoms with van der Waals surface area (Å²) >= 11 is 7.75. The molecule has 0 amide bonds. The van der Waals surface area contributed by atoms with Crippen LogP contribution in [0.4, 0.5) is 0 Å². The molecule has 194 valence electrons. The third-order valence-electron chi connectivity index (χ3n) is 6.99. The second kappa shape index (κ2) is 12.2. The van der Waals surface area contributed by atoms with Gasteiger partial charge in [-0.05, 0) is 103 Å². The Kier molecular flexibility index (Phi) is 9.32. The van der Waals surface area contributed by atoms with Crippen molar-refractivity contribution >= 4 is 52.4 Å². The zero-order valence-corrected chi connectivity index (χ0v) is 26.0. The second-order valence-corrected chi connectivity index (χ2v) is 12.1. The maximum absolute atomic E-state index is 11.1. The molecule has 0 aliphatic heterocycles. The SMILES string of the molecule is CC(C)(O)c1cc(-c2cccc(C=Cc3ccc4ccc(Cl)cc4n3)c2)ccc1SCC1(CC(=O)[O-])CC1.[Na+]. The van der Waals surface area contributed by atoms with Crippen LogP contribution in [0.3, 0.4) is 0 Å². The Labute approximate surface area is 260 Å². The summed E-state index contributed by atoms with van der Waals surface area (Å²) in [6.45, 7) is 3.57. The summed E-state index contributed by atoms with van der Waals surface area (Å²) in [7, 11) is 0. The fourth-order valence-electron chi connectivity index (χ4n) is 4.60. The van der Waals surface area contributed by atoms with Gasteiger partial charge in [0.15, 0.2) is 0 Å². The zero-order valence-electron chi connectivity index (χ0n) is 22.4. The Morgan fingerprint density at radius 2 is 1.79 bits per heavy atom. The summed E-state index contributed by atoms with van der Waals surface area (Å²) in [5.74, 6) is -0.283. The number of nitrogens with zero attached hydrogens (tertiary/aromatic N) is 1. The summed E-state index contributed by atoms with van der Waals surface area (Å²) in [6, 6.07) is 24.1. The van der Waals surface area contributed by atoms with E-state index in [2.05, 4.69) is 18.2 Å². The van der Waals surface area contributed by atoms with Crippen LogP contribution >= 0.6 is 23.4 Å². The first kappa shape index (κ1) is 29.9. The number of carboxylic acid groups (broad SMARTS) is 1. The first-order valence-electron chi connectivity index (χ1n) is 12.6. The van der Waals surface area contributed by atoms with E-state index >= 15 is 0 Å². The van der Waals surface area contributed by atoms with Gasteiger partial charge in [0.1, 0.15) is 0 Å². The molecular weight excluding hydrogens is 537 g/mol. The summed E-state index contributed by atoms with van der Waals surface area (Å²) in [4.78, 5) is 16.8. The second-order valence-electron chi connectivity index (χ2n) is 10.6. The van der Waals surface area contributed by atoms with E-state index in [9.17, 15) is 15.0 Å². The van der Waals surface area contributed by atoms with Gasteiger partial charge in [-0.1, -0.05) is 54.1 Å². The third kappa shape index (κ3) is 7.55. The van der Waals surface area contributed by atoms with E-state index in [1.807, 2.05) is 66.7 Å². The van der Waals surface area contributed by atoms with Crippen LogP contribution in [0, 0.1) is 5.41 Å². The smallest absolute Gasteiger partial charge is 0.550 e. The quantitative estimate of drug-likeness (QED) is 0.246. The topological polar surface area (TPSA) is 73.2 Å². The number of aliphatic carboxylic acids is 1. The predicted molar refractivity (Wildman–Crippen MR) is 155 cm³/mol. The molecule has 1 aliphatic rings. The van der Waals surface area contributed by atoms with E-state index in [0.29, 0.717) is 10.8 Å². The Morgan fingerprint density at radius 3 is 2.51 bits per heavy atom. The number of thioether (sulfide) groups is 1. The standard InChI is InChI=1S/C32H30ClNO3S.Na/c1-31(2,37)27-17-24(9-13-29(27)38-20-32(14-15-32)19-30(35)36)23-5-3-4-21(16-23)6-11-26-12-8-22-7-10-25(33)18-28(22)34-26;/h3-13,16-18,37H,14-15,19-20H2,1-2H3,(H,35,36);/q;+1/p-1. The number of pyridine rings is 1. The average molecular weight is 566 g/mol. The van der Waals surface area contributed by atoms with E-state index in [-0.39, 0.29) is 41.4 Å². The van der Waals surface area contributed by atoms with E-state index in [0.717, 1.165) is 56.6 Å². The van der Waals surface area contributed by atoms with Gasteiger partial charge in [0.2, 0.25) is 0 Å². The number of carbonyl (C=O) groups is 1. The van der Waals surface area contributed by atoms with Gasteiger partial charge in [-0.3, -0.25) is 0 Å². The number of carboxylic acids is 1. The van der Waals surface area contributed by atoms with Crippen molar-refractivity contribution in [1.29, 1.82) is 0 Å². The maximum atomic E-state index is 11.1. The van der Waals surface area contributed by atoms with E-state index in [4.69, 9.17) is 16.6 Å². The Bertz CT molecular complexity index is 1540. The Hall–Kier alpha value is -2.12. The molecule has 0 spiro atoms. The molecule has 7 heteroatoms. The molecule has 4 nitrogen and oxygen atoms in total. The number of carbonyl (C=O) groups excluding carboxylic acids is 1. The van der Waals surface area contributed by atoms with Gasteiger partial charge in [0.05, 0.1) is 16.8 Å².